The second-order valence-electron chi connectivity index (χ2n) is 5.75. The molecular formula is C14H29NOS. The van der Waals surface area contributed by atoms with Crippen LogP contribution in [0.1, 0.15) is 52.9 Å². The molecule has 0 aliphatic heterocycles. The summed E-state index contributed by atoms with van der Waals surface area (Å²) < 4.78 is 0. The van der Waals surface area contributed by atoms with Crippen LogP contribution in [0.2, 0.25) is 0 Å². The highest BCUT2D eigenvalue weighted by Crippen LogP contribution is 2.32. The van der Waals surface area contributed by atoms with Crippen molar-refractivity contribution in [2.75, 3.05) is 12.4 Å². The van der Waals surface area contributed by atoms with Gasteiger partial charge in [-0.15, -0.1) is 0 Å². The first-order chi connectivity index (χ1) is 8.11. The summed E-state index contributed by atoms with van der Waals surface area (Å²) in [4.78, 5) is 0. The molecule has 1 saturated carbocycles. The predicted octanol–water partition coefficient (Wildman–Crippen LogP) is 3.05. The summed E-state index contributed by atoms with van der Waals surface area (Å²) in [6.07, 6.45) is 6.71. The lowest BCUT2D eigenvalue weighted by Gasteiger charge is -2.27. The van der Waals surface area contributed by atoms with Crippen LogP contribution < -0.4 is 5.32 Å². The first kappa shape index (κ1) is 15.3. The smallest absolute Gasteiger partial charge is 0.0585 e. The second-order valence-corrected chi connectivity index (χ2v) is 7.16. The van der Waals surface area contributed by atoms with E-state index in [1.807, 2.05) is 0 Å². The summed E-state index contributed by atoms with van der Waals surface area (Å²) in [5.74, 6) is 2.10. The Morgan fingerprint density at radius 3 is 2.71 bits per heavy atom. The maximum Gasteiger partial charge on any atom is 0.0585 e. The van der Waals surface area contributed by atoms with Crippen molar-refractivity contribution in [2.24, 2.45) is 5.92 Å². The van der Waals surface area contributed by atoms with Crippen LogP contribution in [-0.4, -0.2) is 34.8 Å². The van der Waals surface area contributed by atoms with Crippen molar-refractivity contribution < 1.29 is 5.11 Å². The van der Waals surface area contributed by atoms with Gasteiger partial charge in [0.2, 0.25) is 0 Å². The average Bonchev–Trinajstić information content (AvgIpc) is 2.27. The third-order valence-electron chi connectivity index (χ3n) is 3.50. The van der Waals surface area contributed by atoms with E-state index in [4.69, 9.17) is 0 Å². The molecule has 0 radical (unpaired) electrons. The van der Waals surface area contributed by atoms with Gasteiger partial charge in [-0.3, -0.25) is 0 Å². The number of nitrogens with one attached hydrogen (secondary N) is 1. The zero-order valence-corrected chi connectivity index (χ0v) is 12.4. The molecule has 2 nitrogen and oxygen atoms in total. The van der Waals surface area contributed by atoms with Crippen LogP contribution in [0, 0.1) is 5.92 Å². The number of thioether (sulfide) groups is 1. The molecule has 1 fully saturated rings. The molecule has 0 aromatic carbocycles. The largest absolute Gasteiger partial charge is 0.395 e. The lowest BCUT2D eigenvalue weighted by molar-refractivity contribution is 0.232. The van der Waals surface area contributed by atoms with Crippen molar-refractivity contribution >= 4 is 11.8 Å². The van der Waals surface area contributed by atoms with Crippen molar-refractivity contribution in [1.82, 2.24) is 5.32 Å². The Hall–Kier alpha value is 0.270. The van der Waals surface area contributed by atoms with Gasteiger partial charge in [-0.05, 0) is 30.9 Å². The zero-order valence-electron chi connectivity index (χ0n) is 11.6. The topological polar surface area (TPSA) is 32.3 Å². The highest BCUT2D eigenvalue weighted by Gasteiger charge is 2.19. The molecule has 3 unspecified atom stereocenters. The lowest BCUT2D eigenvalue weighted by atomic mass is 9.91. The summed E-state index contributed by atoms with van der Waals surface area (Å²) in [5.41, 5.74) is 0. The maximum atomic E-state index is 9.28. The summed E-state index contributed by atoms with van der Waals surface area (Å²) in [5, 5.41) is 13.6. The van der Waals surface area contributed by atoms with Gasteiger partial charge in [0.25, 0.3) is 0 Å². The molecular weight excluding hydrogens is 230 g/mol. The van der Waals surface area contributed by atoms with Crippen LogP contribution in [0.3, 0.4) is 0 Å². The van der Waals surface area contributed by atoms with Gasteiger partial charge in [-0.2, -0.15) is 11.8 Å². The quantitative estimate of drug-likeness (QED) is 0.737. The van der Waals surface area contributed by atoms with Crippen molar-refractivity contribution in [2.45, 2.75) is 70.2 Å². The SMILES string of the molecule is CC1CCCC(SCCC(CO)NC(C)C)C1. The van der Waals surface area contributed by atoms with Gasteiger partial charge in [0.15, 0.2) is 0 Å². The summed E-state index contributed by atoms with van der Waals surface area (Å²) >= 11 is 2.12. The Bertz CT molecular complexity index is 195. The van der Waals surface area contributed by atoms with Gasteiger partial charge in [0.05, 0.1) is 6.61 Å². The van der Waals surface area contributed by atoms with Crippen LogP contribution in [0.15, 0.2) is 0 Å². The van der Waals surface area contributed by atoms with Gasteiger partial charge in [0.1, 0.15) is 0 Å². The van der Waals surface area contributed by atoms with Crippen molar-refractivity contribution in [3.63, 3.8) is 0 Å². The van der Waals surface area contributed by atoms with Crippen LogP contribution in [-0.2, 0) is 0 Å². The molecule has 0 saturated heterocycles. The number of aliphatic hydroxyl groups is 1. The average molecular weight is 259 g/mol. The van der Waals surface area contributed by atoms with Crippen LogP contribution in [0.25, 0.3) is 0 Å². The normalized spacial score (nSPS) is 27.4. The van der Waals surface area contributed by atoms with Gasteiger partial charge < -0.3 is 10.4 Å². The van der Waals surface area contributed by atoms with Crippen LogP contribution >= 0.6 is 11.8 Å². The van der Waals surface area contributed by atoms with E-state index >= 15 is 0 Å². The Balaban J connectivity index is 2.12. The van der Waals surface area contributed by atoms with Crippen LogP contribution in [0.4, 0.5) is 0 Å². The minimum Gasteiger partial charge on any atom is -0.395 e. The number of rotatable bonds is 7. The van der Waals surface area contributed by atoms with Gasteiger partial charge in [-0.1, -0.05) is 33.6 Å². The van der Waals surface area contributed by atoms with E-state index in [1.54, 1.807) is 0 Å². The minimum atomic E-state index is 0.264. The molecule has 102 valence electrons. The first-order valence-corrected chi connectivity index (χ1v) is 8.15. The molecule has 0 spiro atoms. The molecule has 2 N–H and O–H groups in total. The fourth-order valence-corrected chi connectivity index (χ4v) is 4.16. The Morgan fingerprint density at radius 2 is 2.12 bits per heavy atom. The second kappa shape index (κ2) is 8.39. The molecule has 0 amide bonds. The fraction of sp³-hybridized carbons (Fsp3) is 1.00. The Labute approximate surface area is 111 Å². The lowest BCUT2D eigenvalue weighted by Crippen LogP contribution is -2.38. The number of hydrogen-bond acceptors (Lipinski definition) is 3. The third kappa shape index (κ3) is 6.68. The molecule has 1 aliphatic carbocycles. The van der Waals surface area contributed by atoms with E-state index in [9.17, 15) is 5.11 Å². The number of aliphatic hydroxyl groups excluding tert-OH is 1. The standard InChI is InChI=1S/C14H29NOS/c1-11(2)15-13(10-16)7-8-17-14-6-4-5-12(3)9-14/h11-16H,4-10H2,1-3H3. The molecule has 3 heteroatoms. The molecule has 0 heterocycles. The monoisotopic (exact) mass is 259 g/mol. The van der Waals surface area contributed by atoms with Gasteiger partial charge in [0, 0.05) is 17.3 Å². The van der Waals surface area contributed by atoms with Gasteiger partial charge in [-0.25, -0.2) is 0 Å². The van der Waals surface area contributed by atoms with E-state index in [1.165, 1.54) is 31.4 Å². The maximum absolute atomic E-state index is 9.28. The van der Waals surface area contributed by atoms with E-state index in [2.05, 4.69) is 37.8 Å². The van der Waals surface area contributed by atoms with Crippen molar-refractivity contribution in [3.8, 4) is 0 Å². The van der Waals surface area contributed by atoms with E-state index < -0.39 is 0 Å². The summed E-state index contributed by atoms with van der Waals surface area (Å²) in [6, 6.07) is 0.746. The number of hydrogen-bond donors (Lipinski definition) is 2. The van der Waals surface area contributed by atoms with Crippen LogP contribution in [0.5, 0.6) is 0 Å². The van der Waals surface area contributed by atoms with Gasteiger partial charge >= 0.3 is 0 Å². The minimum absolute atomic E-state index is 0.264. The molecule has 0 aromatic heterocycles. The van der Waals surface area contributed by atoms with E-state index in [0.717, 1.165) is 17.6 Å². The Kier molecular flexibility index (Phi) is 7.56. The predicted molar refractivity (Wildman–Crippen MR) is 77.6 cm³/mol. The third-order valence-corrected chi connectivity index (χ3v) is 4.87. The van der Waals surface area contributed by atoms with Crippen molar-refractivity contribution in [3.05, 3.63) is 0 Å². The van der Waals surface area contributed by atoms with Crippen molar-refractivity contribution in [1.29, 1.82) is 0 Å². The summed E-state index contributed by atoms with van der Waals surface area (Å²) in [7, 11) is 0. The molecule has 3 atom stereocenters. The first-order valence-electron chi connectivity index (χ1n) is 7.10. The molecule has 1 rings (SSSR count). The Morgan fingerprint density at radius 1 is 1.35 bits per heavy atom. The highest BCUT2D eigenvalue weighted by molar-refractivity contribution is 7.99. The zero-order chi connectivity index (χ0) is 12.7. The molecule has 0 aromatic rings. The molecule has 0 bridgehead atoms. The fourth-order valence-electron chi connectivity index (χ4n) is 2.61. The summed E-state index contributed by atoms with van der Waals surface area (Å²) in [6.45, 7) is 6.92. The van der Waals surface area contributed by atoms with E-state index in [0.29, 0.717) is 6.04 Å². The highest BCUT2D eigenvalue weighted by atomic mass is 32.2. The molecule has 17 heavy (non-hydrogen) atoms. The molecule has 1 aliphatic rings. The van der Waals surface area contributed by atoms with E-state index in [-0.39, 0.29) is 12.6 Å².